The van der Waals surface area contributed by atoms with Gasteiger partial charge in [-0.3, -0.25) is 4.98 Å². The van der Waals surface area contributed by atoms with E-state index in [0.29, 0.717) is 27.2 Å². The summed E-state index contributed by atoms with van der Waals surface area (Å²) in [7, 11) is 0. The van der Waals surface area contributed by atoms with Crippen LogP contribution in [0, 0.1) is 0 Å². The Hall–Kier alpha value is -1.68. The van der Waals surface area contributed by atoms with Gasteiger partial charge in [-0.05, 0) is 68.1 Å². The number of pyridine rings is 1. The molecule has 27 heavy (non-hydrogen) atoms. The molecule has 1 aliphatic rings. The van der Waals surface area contributed by atoms with Crippen molar-refractivity contribution in [2.45, 2.75) is 37.8 Å². The lowest BCUT2D eigenvalue weighted by atomic mass is 9.90. The van der Waals surface area contributed by atoms with Gasteiger partial charge in [0, 0.05) is 40.1 Å². The Morgan fingerprint density at radius 3 is 2.26 bits per heavy atom. The van der Waals surface area contributed by atoms with E-state index in [1.54, 1.807) is 0 Å². The molecule has 1 saturated carbocycles. The van der Waals surface area contributed by atoms with Gasteiger partial charge in [0.05, 0.1) is 15.6 Å². The fourth-order valence-corrected chi connectivity index (χ4v) is 4.14. The van der Waals surface area contributed by atoms with Crippen LogP contribution in [0.1, 0.15) is 25.7 Å². The first kappa shape index (κ1) is 18.7. The van der Waals surface area contributed by atoms with Crippen molar-refractivity contribution in [1.29, 1.82) is 0 Å². The number of hydrogen-bond acceptors (Lipinski definition) is 3. The number of nitrogens with zero attached hydrogens (tertiary/aromatic N) is 1. The zero-order valence-electron chi connectivity index (χ0n) is 14.7. The third kappa shape index (κ3) is 4.43. The number of aromatic nitrogens is 1. The smallest absolute Gasteiger partial charge is 0.0737 e. The quantitative estimate of drug-likeness (QED) is 0.475. The molecule has 0 radical (unpaired) electrons. The molecule has 2 N–H and O–H groups in total. The van der Waals surface area contributed by atoms with E-state index in [0.717, 1.165) is 48.0 Å². The molecule has 3 nitrogen and oxygen atoms in total. The van der Waals surface area contributed by atoms with Gasteiger partial charge in [0.15, 0.2) is 0 Å². The molecule has 0 spiro atoms. The van der Waals surface area contributed by atoms with E-state index in [4.69, 9.17) is 34.8 Å². The third-order valence-electron chi connectivity index (χ3n) is 5.08. The Morgan fingerprint density at radius 1 is 0.778 bits per heavy atom. The molecule has 2 aromatic carbocycles. The number of benzene rings is 2. The van der Waals surface area contributed by atoms with Gasteiger partial charge >= 0.3 is 0 Å². The molecule has 140 valence electrons. The molecule has 0 amide bonds. The van der Waals surface area contributed by atoms with E-state index in [-0.39, 0.29) is 0 Å². The average molecular weight is 421 g/mol. The Balaban J connectivity index is 1.38. The third-order valence-corrected chi connectivity index (χ3v) is 6.06. The summed E-state index contributed by atoms with van der Waals surface area (Å²) in [5, 5.41) is 10.3. The lowest BCUT2D eigenvalue weighted by Crippen LogP contribution is -2.32. The van der Waals surface area contributed by atoms with Crippen molar-refractivity contribution in [3.05, 3.63) is 63.7 Å². The number of fused-ring (bicyclic) bond motifs is 1. The van der Waals surface area contributed by atoms with Crippen LogP contribution in [0.2, 0.25) is 15.1 Å². The van der Waals surface area contributed by atoms with Crippen LogP contribution < -0.4 is 10.6 Å². The molecule has 6 heteroatoms. The largest absolute Gasteiger partial charge is 0.382 e. The van der Waals surface area contributed by atoms with Gasteiger partial charge in [-0.25, -0.2) is 0 Å². The predicted octanol–water partition coefficient (Wildman–Crippen LogP) is 7.03. The zero-order chi connectivity index (χ0) is 18.8. The molecule has 1 heterocycles. The fraction of sp³-hybridized carbons (Fsp3) is 0.286. The normalized spacial score (nSPS) is 19.8. The van der Waals surface area contributed by atoms with Gasteiger partial charge in [0.2, 0.25) is 0 Å². The maximum Gasteiger partial charge on any atom is 0.0737 e. The Bertz CT molecular complexity index is 953. The molecule has 1 fully saturated rings. The number of halogens is 3. The number of nitrogens with one attached hydrogen (secondary N) is 2. The van der Waals surface area contributed by atoms with Gasteiger partial charge in [-0.15, -0.1) is 0 Å². The zero-order valence-corrected chi connectivity index (χ0v) is 17.0. The molecule has 1 aliphatic carbocycles. The second-order valence-corrected chi connectivity index (χ2v) is 8.24. The Morgan fingerprint density at radius 2 is 1.52 bits per heavy atom. The minimum absolute atomic E-state index is 0.452. The highest BCUT2D eigenvalue weighted by atomic mass is 35.5. The van der Waals surface area contributed by atoms with E-state index in [2.05, 4.69) is 15.6 Å². The SMILES string of the molecule is Clc1ccc2c(NC3CCC(Nc4ccc(Cl)c(Cl)c4)CC3)ccnc2c1. The summed E-state index contributed by atoms with van der Waals surface area (Å²) < 4.78 is 0. The summed E-state index contributed by atoms with van der Waals surface area (Å²) in [6.45, 7) is 0. The van der Waals surface area contributed by atoms with Crippen LogP contribution >= 0.6 is 34.8 Å². The van der Waals surface area contributed by atoms with Gasteiger partial charge in [-0.1, -0.05) is 34.8 Å². The van der Waals surface area contributed by atoms with Crippen molar-refractivity contribution in [1.82, 2.24) is 4.98 Å². The van der Waals surface area contributed by atoms with Crippen molar-refractivity contribution in [3.8, 4) is 0 Å². The van der Waals surface area contributed by atoms with Crippen LogP contribution in [0.15, 0.2) is 48.7 Å². The van der Waals surface area contributed by atoms with Gasteiger partial charge in [0.25, 0.3) is 0 Å². The summed E-state index contributed by atoms with van der Waals surface area (Å²) in [5.74, 6) is 0. The molecule has 0 saturated heterocycles. The fourth-order valence-electron chi connectivity index (χ4n) is 3.67. The van der Waals surface area contributed by atoms with Crippen molar-refractivity contribution in [2.75, 3.05) is 10.6 Å². The van der Waals surface area contributed by atoms with Crippen molar-refractivity contribution in [2.24, 2.45) is 0 Å². The molecular weight excluding hydrogens is 401 g/mol. The Kier molecular flexibility index (Phi) is 5.63. The minimum Gasteiger partial charge on any atom is -0.382 e. The van der Waals surface area contributed by atoms with Crippen molar-refractivity contribution in [3.63, 3.8) is 0 Å². The Labute approximate surface area is 174 Å². The van der Waals surface area contributed by atoms with Crippen molar-refractivity contribution >= 4 is 57.1 Å². The van der Waals surface area contributed by atoms with Gasteiger partial charge in [-0.2, -0.15) is 0 Å². The number of hydrogen-bond donors (Lipinski definition) is 2. The predicted molar refractivity (Wildman–Crippen MR) is 117 cm³/mol. The van der Waals surface area contributed by atoms with E-state index < -0.39 is 0 Å². The summed E-state index contributed by atoms with van der Waals surface area (Å²) in [6.07, 6.45) is 6.25. The molecule has 3 aromatic rings. The first-order valence-electron chi connectivity index (χ1n) is 9.11. The van der Waals surface area contributed by atoms with Crippen LogP contribution in [-0.2, 0) is 0 Å². The van der Waals surface area contributed by atoms with E-state index in [1.165, 1.54) is 0 Å². The molecule has 4 rings (SSSR count). The lowest BCUT2D eigenvalue weighted by Gasteiger charge is -2.31. The monoisotopic (exact) mass is 419 g/mol. The maximum atomic E-state index is 6.11. The number of anilines is 2. The second kappa shape index (κ2) is 8.14. The lowest BCUT2D eigenvalue weighted by molar-refractivity contribution is 0.429. The molecule has 0 aliphatic heterocycles. The highest BCUT2D eigenvalue weighted by Gasteiger charge is 2.21. The van der Waals surface area contributed by atoms with Crippen LogP contribution in [0.3, 0.4) is 0 Å². The van der Waals surface area contributed by atoms with Crippen LogP contribution in [0.4, 0.5) is 11.4 Å². The summed E-state index contributed by atoms with van der Waals surface area (Å²) >= 11 is 18.2. The first-order valence-corrected chi connectivity index (χ1v) is 10.2. The molecule has 1 aromatic heterocycles. The van der Waals surface area contributed by atoms with Crippen LogP contribution in [0.5, 0.6) is 0 Å². The van der Waals surface area contributed by atoms with E-state index >= 15 is 0 Å². The van der Waals surface area contributed by atoms with E-state index in [9.17, 15) is 0 Å². The number of rotatable bonds is 4. The standard InChI is InChI=1S/C21H20Cl3N3/c22-13-1-7-17-20(9-10-25-21(17)11-13)27-15-4-2-14(3-5-15)26-16-6-8-18(23)19(24)12-16/h1,6-12,14-15,26H,2-5H2,(H,25,27). The van der Waals surface area contributed by atoms with Crippen LogP contribution in [-0.4, -0.2) is 17.1 Å². The van der Waals surface area contributed by atoms with Gasteiger partial charge in [0.1, 0.15) is 0 Å². The van der Waals surface area contributed by atoms with Crippen LogP contribution in [0.25, 0.3) is 10.9 Å². The summed E-state index contributed by atoms with van der Waals surface area (Å²) in [4.78, 5) is 4.41. The average Bonchev–Trinajstić information content (AvgIpc) is 2.66. The first-order chi connectivity index (χ1) is 13.1. The molecular formula is C21H20Cl3N3. The molecule has 0 unspecified atom stereocenters. The minimum atomic E-state index is 0.452. The second-order valence-electron chi connectivity index (χ2n) is 6.99. The maximum absolute atomic E-state index is 6.11. The summed E-state index contributed by atoms with van der Waals surface area (Å²) in [5.41, 5.74) is 3.07. The van der Waals surface area contributed by atoms with Crippen molar-refractivity contribution < 1.29 is 0 Å². The highest BCUT2D eigenvalue weighted by Crippen LogP contribution is 2.30. The van der Waals surface area contributed by atoms with Gasteiger partial charge < -0.3 is 10.6 Å². The molecule has 0 bridgehead atoms. The topological polar surface area (TPSA) is 37.0 Å². The summed E-state index contributed by atoms with van der Waals surface area (Å²) in [6, 6.07) is 14.5. The highest BCUT2D eigenvalue weighted by molar-refractivity contribution is 6.42. The van der Waals surface area contributed by atoms with E-state index in [1.807, 2.05) is 48.7 Å². The molecule has 0 atom stereocenters.